The van der Waals surface area contributed by atoms with E-state index in [0.717, 1.165) is 35.1 Å². The van der Waals surface area contributed by atoms with Crippen LogP contribution in [0.15, 0.2) is 72.8 Å². The Bertz CT molecular complexity index is 1490. The van der Waals surface area contributed by atoms with Crippen LogP contribution in [0.1, 0.15) is 34.3 Å². The molecule has 3 atom stereocenters. The molecule has 42 heavy (non-hydrogen) atoms. The predicted octanol–water partition coefficient (Wildman–Crippen LogP) is 3.95. The van der Waals surface area contributed by atoms with Crippen molar-refractivity contribution in [2.24, 2.45) is 0 Å². The van der Waals surface area contributed by atoms with Crippen molar-refractivity contribution in [3.8, 4) is 16.9 Å². The summed E-state index contributed by atoms with van der Waals surface area (Å²) in [7, 11) is -1.71. The number of carboxylic acids is 1. The number of amides is 1. The standard InChI is InChI=1S/C32H38N2O7S/c1-22-9-7-8-12-27(22)29-17-23(13-14-28(29)31(35)33-30(32(36)37)15-16-42(3,38)39)19-34-20-26(18-24(34)21-40-2)41-25-10-5-4-6-11-25/h4-14,17,24,26,30H,15-16,18-21H2,1-3H3,(H,33,35)(H,36,37). The maximum atomic E-state index is 13.4. The minimum absolute atomic E-state index is 0.00771. The normalized spacial score (nSPS) is 18.0. The molecule has 1 aliphatic heterocycles. The van der Waals surface area contributed by atoms with Crippen molar-refractivity contribution in [1.82, 2.24) is 10.2 Å². The smallest absolute Gasteiger partial charge is 0.326 e. The van der Waals surface area contributed by atoms with Crippen molar-refractivity contribution in [2.75, 3.05) is 32.3 Å². The Morgan fingerprint density at radius 2 is 1.76 bits per heavy atom. The Labute approximate surface area is 247 Å². The fraction of sp³-hybridized carbons (Fsp3) is 0.375. The first-order valence-corrected chi connectivity index (χ1v) is 15.9. The summed E-state index contributed by atoms with van der Waals surface area (Å²) >= 11 is 0. The Hall–Kier alpha value is -3.73. The molecule has 1 heterocycles. The topological polar surface area (TPSA) is 122 Å². The Morgan fingerprint density at radius 3 is 2.43 bits per heavy atom. The maximum Gasteiger partial charge on any atom is 0.326 e. The number of benzene rings is 3. The van der Waals surface area contributed by atoms with Crippen LogP contribution in [0, 0.1) is 6.92 Å². The number of nitrogens with zero attached hydrogens (tertiary/aromatic N) is 1. The summed E-state index contributed by atoms with van der Waals surface area (Å²) in [5.74, 6) is -1.38. The molecular weight excluding hydrogens is 556 g/mol. The molecule has 0 radical (unpaired) electrons. The number of likely N-dealkylation sites (tertiary alicyclic amines) is 1. The van der Waals surface area contributed by atoms with Gasteiger partial charge in [-0.25, -0.2) is 13.2 Å². The number of aliphatic carboxylic acids is 1. The fourth-order valence-corrected chi connectivity index (χ4v) is 5.98. The van der Waals surface area contributed by atoms with Crippen LogP contribution in [-0.2, 0) is 25.9 Å². The average Bonchev–Trinajstić information content (AvgIpc) is 3.31. The van der Waals surface area contributed by atoms with Crippen molar-refractivity contribution in [1.29, 1.82) is 0 Å². The van der Waals surface area contributed by atoms with Crippen LogP contribution >= 0.6 is 0 Å². The highest BCUT2D eigenvalue weighted by Gasteiger charge is 2.33. The van der Waals surface area contributed by atoms with Crippen LogP contribution in [0.25, 0.3) is 11.1 Å². The first-order valence-electron chi connectivity index (χ1n) is 13.9. The second kappa shape index (κ2) is 14.0. The molecule has 0 saturated carbocycles. The second-order valence-electron chi connectivity index (χ2n) is 10.8. The molecular formula is C32H38N2O7S. The van der Waals surface area contributed by atoms with Gasteiger partial charge >= 0.3 is 5.97 Å². The lowest BCUT2D eigenvalue weighted by molar-refractivity contribution is -0.139. The molecule has 0 spiro atoms. The molecule has 9 nitrogen and oxygen atoms in total. The summed E-state index contributed by atoms with van der Waals surface area (Å²) in [6, 6.07) is 21.8. The number of ether oxygens (including phenoxy) is 2. The summed E-state index contributed by atoms with van der Waals surface area (Å²) in [6.07, 6.45) is 1.64. The molecule has 0 aromatic heterocycles. The lowest BCUT2D eigenvalue weighted by atomic mass is 9.93. The summed E-state index contributed by atoms with van der Waals surface area (Å²) < 4.78 is 35.0. The Kier molecular flexibility index (Phi) is 10.4. The van der Waals surface area contributed by atoms with Gasteiger partial charge in [0.15, 0.2) is 0 Å². The number of nitrogens with one attached hydrogen (secondary N) is 1. The van der Waals surface area contributed by atoms with E-state index >= 15 is 0 Å². The van der Waals surface area contributed by atoms with Crippen molar-refractivity contribution in [2.45, 2.75) is 44.5 Å². The molecule has 4 rings (SSSR count). The fourth-order valence-electron chi connectivity index (χ4n) is 5.32. The van der Waals surface area contributed by atoms with Gasteiger partial charge in [-0.15, -0.1) is 0 Å². The van der Waals surface area contributed by atoms with E-state index in [1.54, 1.807) is 13.2 Å². The van der Waals surface area contributed by atoms with Gasteiger partial charge in [0.05, 0.1) is 12.4 Å². The Balaban J connectivity index is 1.60. The maximum absolute atomic E-state index is 13.4. The van der Waals surface area contributed by atoms with Crippen molar-refractivity contribution in [3.63, 3.8) is 0 Å². The number of carbonyl (C=O) groups excluding carboxylic acids is 1. The molecule has 1 aliphatic rings. The number of methoxy groups -OCH3 is 1. The van der Waals surface area contributed by atoms with Gasteiger partial charge in [0.1, 0.15) is 27.7 Å². The average molecular weight is 595 g/mol. The first kappa shape index (κ1) is 31.2. The first-order chi connectivity index (χ1) is 20.0. The van der Waals surface area contributed by atoms with Gasteiger partial charge in [0.2, 0.25) is 0 Å². The number of rotatable bonds is 13. The van der Waals surface area contributed by atoms with E-state index in [0.29, 0.717) is 30.8 Å². The zero-order valence-electron chi connectivity index (χ0n) is 24.2. The molecule has 1 saturated heterocycles. The molecule has 3 unspecified atom stereocenters. The lowest BCUT2D eigenvalue weighted by Gasteiger charge is -2.24. The van der Waals surface area contributed by atoms with Gasteiger partial charge in [0.25, 0.3) is 5.91 Å². The number of sulfone groups is 1. The number of para-hydroxylation sites is 1. The molecule has 2 N–H and O–H groups in total. The van der Waals surface area contributed by atoms with Crippen LogP contribution in [0.2, 0.25) is 0 Å². The third-order valence-corrected chi connectivity index (χ3v) is 8.40. The van der Waals surface area contributed by atoms with E-state index in [4.69, 9.17) is 9.47 Å². The molecule has 0 bridgehead atoms. The molecule has 0 aliphatic carbocycles. The molecule has 3 aromatic carbocycles. The van der Waals surface area contributed by atoms with Gasteiger partial charge in [-0.1, -0.05) is 48.5 Å². The lowest BCUT2D eigenvalue weighted by Crippen LogP contribution is -2.42. The zero-order chi connectivity index (χ0) is 30.3. The van der Waals surface area contributed by atoms with Gasteiger partial charge in [-0.05, 0) is 59.9 Å². The largest absolute Gasteiger partial charge is 0.489 e. The van der Waals surface area contributed by atoms with Crippen molar-refractivity contribution < 1.29 is 32.6 Å². The van der Waals surface area contributed by atoms with E-state index in [1.807, 2.05) is 73.7 Å². The quantitative estimate of drug-likeness (QED) is 0.305. The number of aryl methyl sites for hydroxylation is 1. The van der Waals surface area contributed by atoms with Gasteiger partial charge < -0.3 is 19.9 Å². The molecule has 224 valence electrons. The van der Waals surface area contributed by atoms with E-state index in [-0.39, 0.29) is 24.3 Å². The van der Waals surface area contributed by atoms with Gasteiger partial charge in [0, 0.05) is 44.5 Å². The van der Waals surface area contributed by atoms with Gasteiger partial charge in [-0.2, -0.15) is 0 Å². The van der Waals surface area contributed by atoms with Crippen LogP contribution in [0.3, 0.4) is 0 Å². The highest BCUT2D eigenvalue weighted by Crippen LogP contribution is 2.31. The van der Waals surface area contributed by atoms with Crippen LogP contribution in [-0.4, -0.2) is 80.8 Å². The summed E-state index contributed by atoms with van der Waals surface area (Å²) in [4.78, 5) is 27.6. The van der Waals surface area contributed by atoms with E-state index in [2.05, 4.69) is 10.2 Å². The van der Waals surface area contributed by atoms with Crippen molar-refractivity contribution >= 4 is 21.7 Å². The third kappa shape index (κ3) is 8.40. The second-order valence-corrected chi connectivity index (χ2v) is 13.1. The Morgan fingerprint density at radius 1 is 1.05 bits per heavy atom. The van der Waals surface area contributed by atoms with E-state index in [1.165, 1.54) is 0 Å². The number of hydrogen-bond acceptors (Lipinski definition) is 7. The summed E-state index contributed by atoms with van der Waals surface area (Å²) in [5.41, 5.74) is 3.80. The summed E-state index contributed by atoms with van der Waals surface area (Å²) in [5, 5.41) is 12.2. The zero-order valence-corrected chi connectivity index (χ0v) is 25.0. The summed E-state index contributed by atoms with van der Waals surface area (Å²) in [6.45, 7) is 3.83. The van der Waals surface area contributed by atoms with E-state index < -0.39 is 27.8 Å². The molecule has 3 aromatic rings. The van der Waals surface area contributed by atoms with Crippen molar-refractivity contribution in [3.05, 3.63) is 89.5 Å². The SMILES string of the molecule is COCC1CC(Oc2ccccc2)CN1Cc1ccc(C(=O)NC(CCS(C)(=O)=O)C(=O)O)c(-c2ccccc2C)c1. The number of hydrogen-bond donors (Lipinski definition) is 2. The molecule has 1 fully saturated rings. The minimum Gasteiger partial charge on any atom is -0.489 e. The third-order valence-electron chi connectivity index (χ3n) is 7.42. The number of carboxylic acid groups (broad SMARTS) is 1. The highest BCUT2D eigenvalue weighted by molar-refractivity contribution is 7.90. The van der Waals surface area contributed by atoms with Crippen LogP contribution in [0.4, 0.5) is 0 Å². The number of carbonyl (C=O) groups is 2. The predicted molar refractivity (Wildman–Crippen MR) is 161 cm³/mol. The van der Waals surface area contributed by atoms with E-state index in [9.17, 15) is 23.1 Å². The highest BCUT2D eigenvalue weighted by atomic mass is 32.2. The van der Waals surface area contributed by atoms with Crippen LogP contribution < -0.4 is 10.1 Å². The minimum atomic E-state index is -3.39. The van der Waals surface area contributed by atoms with Crippen LogP contribution in [0.5, 0.6) is 5.75 Å². The molecule has 1 amide bonds. The van der Waals surface area contributed by atoms with Gasteiger partial charge in [-0.3, -0.25) is 9.69 Å². The monoisotopic (exact) mass is 594 g/mol. The molecule has 10 heteroatoms.